The van der Waals surface area contributed by atoms with Crippen LogP contribution in [0.2, 0.25) is 0 Å². The van der Waals surface area contributed by atoms with Crippen LogP contribution in [0.3, 0.4) is 0 Å². The van der Waals surface area contributed by atoms with Crippen molar-refractivity contribution in [3.8, 4) is 22.1 Å². The lowest BCUT2D eigenvalue weighted by atomic mass is 10.1. The molecule has 0 atom stereocenters. The van der Waals surface area contributed by atoms with Crippen molar-refractivity contribution in [2.45, 2.75) is 19.9 Å². The molecule has 3 heterocycles. The Balaban J connectivity index is 1.69. The molecule has 1 amide bonds. The molecule has 0 unspecified atom stereocenters. The number of halogens is 1. The third-order valence-corrected chi connectivity index (χ3v) is 6.11. The molecule has 4 rings (SSSR count). The molecule has 1 aromatic carbocycles. The summed E-state index contributed by atoms with van der Waals surface area (Å²) in [7, 11) is 0. The van der Waals surface area contributed by atoms with E-state index in [0.29, 0.717) is 12.1 Å². The van der Waals surface area contributed by atoms with Gasteiger partial charge in [0.25, 0.3) is 5.91 Å². The van der Waals surface area contributed by atoms with Gasteiger partial charge in [-0.25, -0.2) is 4.98 Å². The summed E-state index contributed by atoms with van der Waals surface area (Å²) in [5.74, 6) is -0.435. The predicted octanol–water partition coefficient (Wildman–Crippen LogP) is 4.48. The Morgan fingerprint density at radius 2 is 2.00 bits per heavy atom. The Morgan fingerprint density at radius 1 is 1.21 bits per heavy atom. The first-order valence-electron chi connectivity index (χ1n) is 8.99. The van der Waals surface area contributed by atoms with Crippen LogP contribution in [0.25, 0.3) is 22.1 Å². The van der Waals surface area contributed by atoms with Crippen LogP contribution in [-0.2, 0) is 13.0 Å². The van der Waals surface area contributed by atoms with Gasteiger partial charge < -0.3 is 10.3 Å². The SMILES string of the molecule is Cc1c(C(N)=O)cc(-c2csc(-c3cnccn3)n2)n1CCc1ccc(Br)cc1. The summed E-state index contributed by atoms with van der Waals surface area (Å²) >= 11 is 4.96. The molecular weight excluding hydrogens is 450 g/mol. The molecule has 0 aliphatic rings. The Hall–Kier alpha value is -2.84. The first kappa shape index (κ1) is 19.5. The third kappa shape index (κ3) is 4.13. The molecule has 6 nitrogen and oxygen atoms in total. The number of aryl methyl sites for hydroxylation is 1. The molecule has 0 aliphatic heterocycles. The highest BCUT2D eigenvalue weighted by atomic mass is 79.9. The smallest absolute Gasteiger partial charge is 0.250 e. The Bertz CT molecular complexity index is 1150. The topological polar surface area (TPSA) is 86.7 Å². The van der Waals surface area contributed by atoms with Gasteiger partial charge in [0.1, 0.15) is 10.7 Å². The number of benzene rings is 1. The minimum Gasteiger partial charge on any atom is -0.366 e. The van der Waals surface area contributed by atoms with E-state index in [-0.39, 0.29) is 0 Å². The van der Waals surface area contributed by atoms with Crippen LogP contribution in [0.4, 0.5) is 0 Å². The van der Waals surface area contributed by atoms with Gasteiger partial charge in [-0.15, -0.1) is 11.3 Å². The normalized spacial score (nSPS) is 11.0. The van der Waals surface area contributed by atoms with E-state index in [1.165, 1.54) is 16.9 Å². The Labute approximate surface area is 180 Å². The summed E-state index contributed by atoms with van der Waals surface area (Å²) in [6.45, 7) is 2.63. The molecule has 0 radical (unpaired) electrons. The van der Waals surface area contributed by atoms with Crippen molar-refractivity contribution in [1.82, 2.24) is 19.5 Å². The molecule has 4 aromatic rings. The van der Waals surface area contributed by atoms with Gasteiger partial charge in [0.15, 0.2) is 0 Å². The second kappa shape index (κ2) is 8.26. The number of primary amides is 1. The number of thiazole rings is 1. The van der Waals surface area contributed by atoms with Crippen molar-refractivity contribution in [1.29, 1.82) is 0 Å². The van der Waals surface area contributed by atoms with Crippen molar-refractivity contribution in [3.05, 3.63) is 75.6 Å². The maximum Gasteiger partial charge on any atom is 0.250 e. The number of rotatable bonds is 6. The summed E-state index contributed by atoms with van der Waals surface area (Å²) in [4.78, 5) is 25.1. The molecule has 29 heavy (non-hydrogen) atoms. The molecule has 146 valence electrons. The molecular formula is C21H18BrN5OS. The number of nitrogens with zero attached hydrogens (tertiary/aromatic N) is 4. The van der Waals surface area contributed by atoms with Crippen LogP contribution >= 0.6 is 27.3 Å². The standard InChI is InChI=1S/C21H18BrN5OS/c1-13-16(20(23)28)10-19(27(13)9-6-14-2-4-15(22)5-3-14)18-12-29-21(26-18)17-11-24-7-8-25-17/h2-5,7-8,10-12H,6,9H2,1H3,(H2,23,28). The van der Waals surface area contributed by atoms with Gasteiger partial charge in [0.05, 0.1) is 23.1 Å². The van der Waals surface area contributed by atoms with E-state index >= 15 is 0 Å². The monoisotopic (exact) mass is 467 g/mol. The molecule has 8 heteroatoms. The van der Waals surface area contributed by atoms with Gasteiger partial charge in [-0.1, -0.05) is 28.1 Å². The van der Waals surface area contributed by atoms with E-state index in [0.717, 1.165) is 38.7 Å². The average Bonchev–Trinajstić information content (AvgIpc) is 3.33. The van der Waals surface area contributed by atoms with E-state index in [1.807, 2.05) is 30.5 Å². The minimum absolute atomic E-state index is 0.435. The minimum atomic E-state index is -0.435. The summed E-state index contributed by atoms with van der Waals surface area (Å²) in [6, 6.07) is 10.1. The van der Waals surface area contributed by atoms with E-state index in [4.69, 9.17) is 10.7 Å². The number of aromatic nitrogens is 4. The van der Waals surface area contributed by atoms with E-state index < -0.39 is 5.91 Å². The van der Waals surface area contributed by atoms with Gasteiger partial charge in [-0.05, 0) is 37.1 Å². The molecule has 0 bridgehead atoms. The highest BCUT2D eigenvalue weighted by Gasteiger charge is 2.19. The lowest BCUT2D eigenvalue weighted by molar-refractivity contribution is 0.0999. The fraction of sp³-hybridized carbons (Fsp3) is 0.143. The number of nitrogens with two attached hydrogens (primary N) is 1. The van der Waals surface area contributed by atoms with E-state index in [9.17, 15) is 4.79 Å². The van der Waals surface area contributed by atoms with Gasteiger partial charge >= 0.3 is 0 Å². The van der Waals surface area contributed by atoms with Gasteiger partial charge in [-0.3, -0.25) is 14.8 Å². The molecule has 0 fully saturated rings. The van der Waals surface area contributed by atoms with Crippen LogP contribution in [0.5, 0.6) is 0 Å². The fourth-order valence-electron chi connectivity index (χ4n) is 3.21. The number of carbonyl (C=O) groups is 1. The highest BCUT2D eigenvalue weighted by Crippen LogP contribution is 2.30. The van der Waals surface area contributed by atoms with Gasteiger partial charge in [0.2, 0.25) is 0 Å². The highest BCUT2D eigenvalue weighted by molar-refractivity contribution is 9.10. The summed E-state index contributed by atoms with van der Waals surface area (Å²) < 4.78 is 3.16. The molecule has 0 saturated carbocycles. The zero-order valence-corrected chi connectivity index (χ0v) is 18.1. The second-order valence-corrected chi connectivity index (χ2v) is 8.32. The Kier molecular flexibility index (Phi) is 5.55. The van der Waals surface area contributed by atoms with Gasteiger partial charge in [0, 0.05) is 34.5 Å². The lowest BCUT2D eigenvalue weighted by Gasteiger charge is -2.11. The van der Waals surface area contributed by atoms with E-state index in [1.54, 1.807) is 18.6 Å². The number of carbonyl (C=O) groups excluding carboxylic acids is 1. The number of amides is 1. The molecule has 0 spiro atoms. The predicted molar refractivity (Wildman–Crippen MR) is 118 cm³/mol. The van der Waals surface area contributed by atoms with Gasteiger partial charge in [-0.2, -0.15) is 0 Å². The fourth-order valence-corrected chi connectivity index (χ4v) is 4.24. The van der Waals surface area contributed by atoms with Crippen LogP contribution in [0.1, 0.15) is 21.6 Å². The van der Waals surface area contributed by atoms with Crippen LogP contribution < -0.4 is 5.73 Å². The number of hydrogen-bond acceptors (Lipinski definition) is 5. The molecule has 2 N–H and O–H groups in total. The first-order chi connectivity index (χ1) is 14.0. The van der Waals surface area contributed by atoms with Crippen molar-refractivity contribution in [2.75, 3.05) is 0 Å². The second-order valence-electron chi connectivity index (χ2n) is 6.55. The van der Waals surface area contributed by atoms with Crippen molar-refractivity contribution >= 4 is 33.2 Å². The zero-order valence-electron chi connectivity index (χ0n) is 15.7. The van der Waals surface area contributed by atoms with Crippen molar-refractivity contribution in [3.63, 3.8) is 0 Å². The molecule has 0 aliphatic carbocycles. The summed E-state index contributed by atoms with van der Waals surface area (Å²) in [5.41, 5.74) is 10.6. The van der Waals surface area contributed by atoms with Crippen LogP contribution in [0, 0.1) is 6.92 Å². The van der Waals surface area contributed by atoms with Crippen molar-refractivity contribution in [2.24, 2.45) is 5.73 Å². The number of hydrogen-bond donors (Lipinski definition) is 1. The average molecular weight is 468 g/mol. The first-order valence-corrected chi connectivity index (χ1v) is 10.7. The quantitative estimate of drug-likeness (QED) is 0.452. The zero-order chi connectivity index (χ0) is 20.4. The Morgan fingerprint density at radius 3 is 2.69 bits per heavy atom. The van der Waals surface area contributed by atoms with Crippen LogP contribution in [-0.4, -0.2) is 25.4 Å². The molecule has 0 saturated heterocycles. The summed E-state index contributed by atoms with van der Waals surface area (Å²) in [6.07, 6.45) is 5.80. The molecule has 3 aromatic heterocycles. The van der Waals surface area contributed by atoms with E-state index in [2.05, 4.69) is 42.6 Å². The lowest BCUT2D eigenvalue weighted by Crippen LogP contribution is -2.13. The van der Waals surface area contributed by atoms with Crippen molar-refractivity contribution < 1.29 is 4.79 Å². The van der Waals surface area contributed by atoms with Crippen LogP contribution in [0.15, 0.2) is 58.8 Å². The largest absolute Gasteiger partial charge is 0.366 e. The maximum atomic E-state index is 11.9. The maximum absolute atomic E-state index is 11.9. The third-order valence-electron chi connectivity index (χ3n) is 4.72. The summed E-state index contributed by atoms with van der Waals surface area (Å²) in [5, 5.41) is 2.76.